The predicted molar refractivity (Wildman–Crippen MR) is 49.2 cm³/mol. The van der Waals surface area contributed by atoms with E-state index in [4.69, 9.17) is 0 Å². The third-order valence-electron chi connectivity index (χ3n) is 2.43. The molecule has 12 heavy (non-hydrogen) atoms. The van der Waals surface area contributed by atoms with Gasteiger partial charge < -0.3 is 4.90 Å². The van der Waals surface area contributed by atoms with Crippen molar-refractivity contribution in [3.8, 4) is 0 Å². The zero-order valence-electron chi connectivity index (χ0n) is 6.99. The van der Waals surface area contributed by atoms with Gasteiger partial charge in [-0.05, 0) is 30.4 Å². The molecule has 0 bridgehead atoms. The van der Waals surface area contributed by atoms with Crippen LogP contribution in [0.2, 0.25) is 0 Å². The zero-order valence-corrected chi connectivity index (χ0v) is 7.80. The summed E-state index contributed by atoms with van der Waals surface area (Å²) in [5.74, 6) is 0. The van der Waals surface area contributed by atoms with Crippen LogP contribution in [0, 0.1) is 0 Å². The number of carbonyl (C=O) groups is 1. The summed E-state index contributed by atoms with van der Waals surface area (Å²) in [7, 11) is 0. The number of amides is 1. The van der Waals surface area contributed by atoms with Gasteiger partial charge in [0.2, 0.25) is 6.41 Å². The van der Waals surface area contributed by atoms with Crippen LogP contribution in [-0.2, 0) is 11.2 Å². The standard InChI is InChI=1S/C9H11NOS/c1-7-9-8(3-5-12-9)2-4-10(7)6-11/h3,5-7H,2,4H2,1H3/t7-/m0/s1. The number of fused-ring (bicyclic) bond motifs is 1. The minimum atomic E-state index is 0.284. The molecule has 1 atom stereocenters. The number of hydrogen-bond acceptors (Lipinski definition) is 2. The van der Waals surface area contributed by atoms with Crippen molar-refractivity contribution < 1.29 is 4.79 Å². The summed E-state index contributed by atoms with van der Waals surface area (Å²) in [6.45, 7) is 2.96. The van der Waals surface area contributed by atoms with E-state index in [1.54, 1.807) is 11.3 Å². The first kappa shape index (κ1) is 7.80. The zero-order chi connectivity index (χ0) is 8.55. The van der Waals surface area contributed by atoms with Crippen molar-refractivity contribution in [2.45, 2.75) is 19.4 Å². The van der Waals surface area contributed by atoms with Gasteiger partial charge in [0.25, 0.3) is 0 Å². The number of carbonyl (C=O) groups excluding carboxylic acids is 1. The van der Waals surface area contributed by atoms with Gasteiger partial charge in [-0.1, -0.05) is 0 Å². The lowest BCUT2D eigenvalue weighted by Crippen LogP contribution is -2.31. The monoisotopic (exact) mass is 181 g/mol. The molecule has 0 saturated carbocycles. The Morgan fingerprint density at radius 1 is 1.75 bits per heavy atom. The molecule has 0 aromatic carbocycles. The summed E-state index contributed by atoms with van der Waals surface area (Å²) in [4.78, 5) is 13.8. The lowest BCUT2D eigenvalue weighted by Gasteiger charge is -2.29. The fraction of sp³-hybridized carbons (Fsp3) is 0.444. The van der Waals surface area contributed by atoms with E-state index in [-0.39, 0.29) is 6.04 Å². The number of rotatable bonds is 1. The molecule has 2 nitrogen and oxygen atoms in total. The highest BCUT2D eigenvalue weighted by Crippen LogP contribution is 2.32. The molecule has 2 rings (SSSR count). The van der Waals surface area contributed by atoms with Crippen LogP contribution in [0.15, 0.2) is 11.4 Å². The molecule has 0 N–H and O–H groups in total. The highest BCUT2D eigenvalue weighted by molar-refractivity contribution is 7.10. The van der Waals surface area contributed by atoms with Gasteiger partial charge >= 0.3 is 0 Å². The maximum absolute atomic E-state index is 10.6. The maximum atomic E-state index is 10.6. The third kappa shape index (κ3) is 1.05. The number of hydrogen-bond donors (Lipinski definition) is 0. The highest BCUT2D eigenvalue weighted by atomic mass is 32.1. The molecular formula is C9H11NOS. The van der Waals surface area contributed by atoms with Crippen LogP contribution in [0.5, 0.6) is 0 Å². The Bertz CT molecular complexity index is 294. The van der Waals surface area contributed by atoms with Gasteiger partial charge in [0, 0.05) is 11.4 Å². The summed E-state index contributed by atoms with van der Waals surface area (Å²) in [5, 5.41) is 2.11. The quantitative estimate of drug-likeness (QED) is 0.605. The summed E-state index contributed by atoms with van der Waals surface area (Å²) in [6, 6.07) is 2.45. The lowest BCUT2D eigenvalue weighted by atomic mass is 10.0. The van der Waals surface area contributed by atoms with Crippen LogP contribution in [-0.4, -0.2) is 17.9 Å². The van der Waals surface area contributed by atoms with Gasteiger partial charge in [0.05, 0.1) is 6.04 Å². The Balaban J connectivity index is 2.34. The second-order valence-corrected chi connectivity index (χ2v) is 4.03. The topological polar surface area (TPSA) is 20.3 Å². The molecule has 1 aliphatic rings. The van der Waals surface area contributed by atoms with Crippen molar-refractivity contribution in [1.82, 2.24) is 4.90 Å². The predicted octanol–water partition coefficient (Wildman–Crippen LogP) is 1.82. The maximum Gasteiger partial charge on any atom is 0.210 e. The summed E-state index contributed by atoms with van der Waals surface area (Å²) < 4.78 is 0. The lowest BCUT2D eigenvalue weighted by molar-refractivity contribution is -0.120. The molecule has 0 spiro atoms. The van der Waals surface area contributed by atoms with Crippen LogP contribution in [0.4, 0.5) is 0 Å². The van der Waals surface area contributed by atoms with Gasteiger partial charge in [0.1, 0.15) is 0 Å². The van der Waals surface area contributed by atoms with E-state index in [0.717, 1.165) is 19.4 Å². The van der Waals surface area contributed by atoms with Crippen molar-refractivity contribution in [2.75, 3.05) is 6.54 Å². The average Bonchev–Trinajstić information content (AvgIpc) is 2.53. The normalized spacial score (nSPS) is 22.1. The van der Waals surface area contributed by atoms with Crippen molar-refractivity contribution >= 4 is 17.7 Å². The van der Waals surface area contributed by atoms with Gasteiger partial charge in [-0.3, -0.25) is 4.79 Å². The first-order chi connectivity index (χ1) is 5.83. The fourth-order valence-corrected chi connectivity index (χ4v) is 2.69. The fourth-order valence-electron chi connectivity index (χ4n) is 1.66. The Morgan fingerprint density at radius 2 is 2.58 bits per heavy atom. The van der Waals surface area contributed by atoms with Gasteiger partial charge in [-0.25, -0.2) is 0 Å². The van der Waals surface area contributed by atoms with E-state index in [1.807, 2.05) is 4.90 Å². The van der Waals surface area contributed by atoms with E-state index in [0.29, 0.717) is 0 Å². The third-order valence-corrected chi connectivity index (χ3v) is 3.56. The van der Waals surface area contributed by atoms with E-state index in [9.17, 15) is 4.79 Å². The molecule has 2 heterocycles. The molecule has 0 saturated heterocycles. The molecule has 0 aliphatic carbocycles. The molecule has 1 aromatic heterocycles. The summed E-state index contributed by atoms with van der Waals surface area (Å²) >= 11 is 1.75. The molecule has 0 radical (unpaired) electrons. The van der Waals surface area contributed by atoms with Crippen molar-refractivity contribution in [1.29, 1.82) is 0 Å². The van der Waals surface area contributed by atoms with Crippen LogP contribution >= 0.6 is 11.3 Å². The van der Waals surface area contributed by atoms with Gasteiger partial charge in [-0.15, -0.1) is 11.3 Å². The molecule has 1 aliphatic heterocycles. The van der Waals surface area contributed by atoms with Crippen molar-refractivity contribution in [3.63, 3.8) is 0 Å². The molecule has 1 aromatic rings. The Kier molecular flexibility index (Phi) is 1.89. The minimum Gasteiger partial charge on any atom is -0.337 e. The van der Waals surface area contributed by atoms with Crippen molar-refractivity contribution in [2.24, 2.45) is 0 Å². The van der Waals surface area contributed by atoms with E-state index < -0.39 is 0 Å². The second kappa shape index (κ2) is 2.90. The molecule has 0 fully saturated rings. The second-order valence-electron chi connectivity index (χ2n) is 3.08. The largest absolute Gasteiger partial charge is 0.337 e. The van der Waals surface area contributed by atoms with E-state index in [1.165, 1.54) is 10.4 Å². The Morgan fingerprint density at radius 3 is 3.33 bits per heavy atom. The summed E-state index contributed by atoms with van der Waals surface area (Å²) in [6.07, 6.45) is 1.97. The van der Waals surface area contributed by atoms with Gasteiger partial charge in [0.15, 0.2) is 0 Å². The molecular weight excluding hydrogens is 170 g/mol. The van der Waals surface area contributed by atoms with Crippen molar-refractivity contribution in [3.05, 3.63) is 21.9 Å². The van der Waals surface area contributed by atoms with Crippen LogP contribution in [0.1, 0.15) is 23.4 Å². The first-order valence-electron chi connectivity index (χ1n) is 4.10. The van der Waals surface area contributed by atoms with E-state index >= 15 is 0 Å². The first-order valence-corrected chi connectivity index (χ1v) is 4.98. The average molecular weight is 181 g/mol. The summed E-state index contributed by atoms with van der Waals surface area (Å²) in [5.41, 5.74) is 1.42. The smallest absolute Gasteiger partial charge is 0.210 e. The Labute approximate surface area is 75.8 Å². The Hall–Kier alpha value is -0.830. The van der Waals surface area contributed by atoms with E-state index in [2.05, 4.69) is 18.4 Å². The number of nitrogens with zero attached hydrogens (tertiary/aromatic N) is 1. The molecule has 64 valence electrons. The van der Waals surface area contributed by atoms with Gasteiger partial charge in [-0.2, -0.15) is 0 Å². The SMILES string of the molecule is C[C@H]1c2sccc2CCN1C=O. The molecule has 0 unspecified atom stereocenters. The van der Waals surface area contributed by atoms with Crippen LogP contribution in [0.3, 0.4) is 0 Å². The van der Waals surface area contributed by atoms with Crippen LogP contribution in [0.25, 0.3) is 0 Å². The molecule has 1 amide bonds. The minimum absolute atomic E-state index is 0.284. The molecule has 3 heteroatoms. The highest BCUT2D eigenvalue weighted by Gasteiger charge is 2.22. The number of thiophene rings is 1. The van der Waals surface area contributed by atoms with Crippen LogP contribution < -0.4 is 0 Å².